The van der Waals surface area contributed by atoms with E-state index in [9.17, 15) is 4.79 Å². The summed E-state index contributed by atoms with van der Waals surface area (Å²) >= 11 is 0. The van der Waals surface area contributed by atoms with Crippen LogP contribution in [0.3, 0.4) is 0 Å². The van der Waals surface area contributed by atoms with E-state index in [1.165, 1.54) is 32.1 Å². The van der Waals surface area contributed by atoms with E-state index < -0.39 is 0 Å². The van der Waals surface area contributed by atoms with E-state index in [0.717, 1.165) is 32.6 Å². The van der Waals surface area contributed by atoms with Crippen molar-refractivity contribution in [1.29, 1.82) is 0 Å². The summed E-state index contributed by atoms with van der Waals surface area (Å²) in [5.41, 5.74) is 0. The van der Waals surface area contributed by atoms with Gasteiger partial charge in [-0.1, -0.05) is 13.3 Å². The van der Waals surface area contributed by atoms with Crippen molar-refractivity contribution in [2.75, 3.05) is 26.2 Å². The predicted molar refractivity (Wildman–Crippen MR) is 78.2 cm³/mol. The minimum atomic E-state index is 0.236. The Morgan fingerprint density at radius 1 is 1.26 bits per heavy atom. The smallest absolute Gasteiger partial charge is 0.221 e. The molecular weight excluding hydrogens is 238 g/mol. The van der Waals surface area contributed by atoms with Crippen molar-refractivity contribution < 1.29 is 4.79 Å². The van der Waals surface area contributed by atoms with Gasteiger partial charge in [0.2, 0.25) is 5.91 Å². The van der Waals surface area contributed by atoms with Crippen LogP contribution in [0.2, 0.25) is 0 Å². The lowest BCUT2D eigenvalue weighted by Crippen LogP contribution is -2.44. The topological polar surface area (TPSA) is 44.4 Å². The van der Waals surface area contributed by atoms with E-state index in [1.54, 1.807) is 0 Å². The second kappa shape index (κ2) is 7.85. The summed E-state index contributed by atoms with van der Waals surface area (Å²) in [5, 5.41) is 6.67. The first-order valence-electron chi connectivity index (χ1n) is 8.03. The van der Waals surface area contributed by atoms with Crippen molar-refractivity contribution in [3.8, 4) is 0 Å². The second-order valence-electron chi connectivity index (χ2n) is 6.04. The molecule has 0 radical (unpaired) electrons. The van der Waals surface area contributed by atoms with Crippen LogP contribution in [-0.4, -0.2) is 49.1 Å². The molecule has 2 fully saturated rings. The van der Waals surface area contributed by atoms with Crippen LogP contribution in [0.1, 0.15) is 51.9 Å². The van der Waals surface area contributed by atoms with Crippen molar-refractivity contribution in [2.45, 2.75) is 64.0 Å². The van der Waals surface area contributed by atoms with Gasteiger partial charge in [-0.2, -0.15) is 0 Å². The number of carbonyl (C=O) groups is 1. The van der Waals surface area contributed by atoms with Crippen LogP contribution in [0.4, 0.5) is 0 Å². The van der Waals surface area contributed by atoms with Crippen molar-refractivity contribution in [3.05, 3.63) is 0 Å². The molecule has 1 saturated carbocycles. The Kier molecular flexibility index (Phi) is 6.11. The van der Waals surface area contributed by atoms with Crippen molar-refractivity contribution >= 4 is 5.91 Å². The molecule has 0 spiro atoms. The van der Waals surface area contributed by atoms with Crippen LogP contribution in [0.25, 0.3) is 0 Å². The first kappa shape index (κ1) is 14.8. The normalized spacial score (nSPS) is 23.6. The van der Waals surface area contributed by atoms with Gasteiger partial charge in [0.25, 0.3) is 0 Å². The maximum absolute atomic E-state index is 11.7. The molecule has 1 atom stereocenters. The van der Waals surface area contributed by atoms with Crippen LogP contribution >= 0.6 is 0 Å². The number of amides is 1. The number of hydrogen-bond donors (Lipinski definition) is 2. The van der Waals surface area contributed by atoms with Crippen LogP contribution in [0.5, 0.6) is 0 Å². The molecular formula is C15H29N3O. The van der Waals surface area contributed by atoms with E-state index in [0.29, 0.717) is 18.5 Å². The van der Waals surface area contributed by atoms with Gasteiger partial charge in [-0.25, -0.2) is 0 Å². The number of carbonyl (C=O) groups excluding carboxylic acids is 1. The van der Waals surface area contributed by atoms with Gasteiger partial charge < -0.3 is 15.5 Å². The Morgan fingerprint density at radius 3 is 2.74 bits per heavy atom. The summed E-state index contributed by atoms with van der Waals surface area (Å²) in [6.07, 6.45) is 8.12. The molecule has 2 aliphatic rings. The van der Waals surface area contributed by atoms with Gasteiger partial charge in [-0.3, -0.25) is 4.79 Å². The summed E-state index contributed by atoms with van der Waals surface area (Å²) in [5.74, 6) is 0.236. The van der Waals surface area contributed by atoms with E-state index in [1.807, 2.05) is 0 Å². The Bertz CT molecular complexity index is 273. The van der Waals surface area contributed by atoms with Crippen molar-refractivity contribution in [2.24, 2.45) is 0 Å². The zero-order valence-electron chi connectivity index (χ0n) is 12.3. The van der Waals surface area contributed by atoms with Gasteiger partial charge in [0.05, 0.1) is 0 Å². The second-order valence-corrected chi connectivity index (χ2v) is 6.04. The summed E-state index contributed by atoms with van der Waals surface area (Å²) in [6, 6.07) is 1.12. The van der Waals surface area contributed by atoms with E-state index >= 15 is 0 Å². The molecule has 1 saturated heterocycles. The summed E-state index contributed by atoms with van der Waals surface area (Å²) in [4.78, 5) is 14.2. The number of hydrogen-bond acceptors (Lipinski definition) is 3. The predicted octanol–water partition coefficient (Wildman–Crippen LogP) is 1.51. The van der Waals surface area contributed by atoms with Gasteiger partial charge in [0.1, 0.15) is 0 Å². The maximum atomic E-state index is 11.7. The summed E-state index contributed by atoms with van der Waals surface area (Å²) in [6.45, 7) is 6.49. The molecule has 0 aromatic rings. The molecule has 110 valence electrons. The zero-order chi connectivity index (χ0) is 13.5. The highest BCUT2D eigenvalue weighted by Gasteiger charge is 2.23. The molecule has 1 unspecified atom stereocenters. The highest BCUT2D eigenvalue weighted by molar-refractivity contribution is 5.76. The lowest BCUT2D eigenvalue weighted by atomic mass is 10.0. The molecule has 4 nitrogen and oxygen atoms in total. The van der Waals surface area contributed by atoms with Crippen LogP contribution in [0, 0.1) is 0 Å². The van der Waals surface area contributed by atoms with Crippen molar-refractivity contribution in [1.82, 2.24) is 15.5 Å². The van der Waals surface area contributed by atoms with E-state index in [4.69, 9.17) is 0 Å². The summed E-state index contributed by atoms with van der Waals surface area (Å²) in [7, 11) is 0. The maximum Gasteiger partial charge on any atom is 0.221 e. The molecule has 1 aliphatic carbocycles. The first-order chi connectivity index (χ1) is 9.28. The van der Waals surface area contributed by atoms with Gasteiger partial charge >= 0.3 is 0 Å². The quantitative estimate of drug-likeness (QED) is 0.700. The molecule has 4 heteroatoms. The number of rotatable bonds is 8. The highest BCUT2D eigenvalue weighted by Crippen LogP contribution is 2.18. The highest BCUT2D eigenvalue weighted by atomic mass is 16.1. The van der Waals surface area contributed by atoms with Crippen molar-refractivity contribution in [3.63, 3.8) is 0 Å². The summed E-state index contributed by atoms with van der Waals surface area (Å²) < 4.78 is 0. The standard InChI is InChI=1S/C15H29N3O/c1-2-10-18(12-14-5-3-4-9-16-14)11-8-15(19)17-13-6-7-13/h13-14,16H,2-12H2,1H3,(H,17,19). The lowest BCUT2D eigenvalue weighted by molar-refractivity contribution is -0.121. The molecule has 0 bridgehead atoms. The SMILES string of the molecule is CCCN(CCC(=O)NC1CC1)CC1CCCCN1. The molecule has 1 aliphatic heterocycles. The van der Waals surface area contributed by atoms with Crippen LogP contribution < -0.4 is 10.6 Å². The molecule has 1 heterocycles. The fourth-order valence-corrected chi connectivity index (χ4v) is 2.79. The molecule has 0 aromatic heterocycles. The lowest BCUT2D eigenvalue weighted by Gasteiger charge is -2.30. The fraction of sp³-hybridized carbons (Fsp3) is 0.933. The van der Waals surface area contributed by atoms with E-state index in [-0.39, 0.29) is 5.91 Å². The third-order valence-electron chi connectivity index (χ3n) is 4.03. The average molecular weight is 267 g/mol. The first-order valence-corrected chi connectivity index (χ1v) is 8.03. The fourth-order valence-electron chi connectivity index (χ4n) is 2.79. The zero-order valence-corrected chi connectivity index (χ0v) is 12.3. The monoisotopic (exact) mass is 267 g/mol. The number of nitrogens with one attached hydrogen (secondary N) is 2. The molecule has 1 amide bonds. The third-order valence-corrected chi connectivity index (χ3v) is 4.03. The Morgan fingerprint density at radius 2 is 2.11 bits per heavy atom. The third kappa shape index (κ3) is 5.91. The number of piperidine rings is 1. The van der Waals surface area contributed by atoms with Gasteiger partial charge in [-0.05, 0) is 45.2 Å². The van der Waals surface area contributed by atoms with Crippen LogP contribution in [-0.2, 0) is 4.79 Å². The molecule has 2 rings (SSSR count). The minimum Gasteiger partial charge on any atom is -0.353 e. The Hall–Kier alpha value is -0.610. The Labute approximate surface area is 117 Å². The number of nitrogens with zero attached hydrogens (tertiary/aromatic N) is 1. The molecule has 19 heavy (non-hydrogen) atoms. The van der Waals surface area contributed by atoms with Gasteiger partial charge in [0.15, 0.2) is 0 Å². The van der Waals surface area contributed by atoms with Crippen LogP contribution in [0.15, 0.2) is 0 Å². The van der Waals surface area contributed by atoms with Gasteiger partial charge in [0, 0.05) is 31.6 Å². The molecule has 0 aromatic carbocycles. The average Bonchev–Trinajstić information content (AvgIpc) is 3.21. The minimum absolute atomic E-state index is 0.236. The molecule has 2 N–H and O–H groups in total. The van der Waals surface area contributed by atoms with E-state index in [2.05, 4.69) is 22.5 Å². The Balaban J connectivity index is 1.66. The van der Waals surface area contributed by atoms with Gasteiger partial charge in [-0.15, -0.1) is 0 Å². The largest absolute Gasteiger partial charge is 0.353 e.